The summed E-state index contributed by atoms with van der Waals surface area (Å²) in [6.07, 6.45) is 1.65. The normalized spacial score (nSPS) is 19.6. The van der Waals surface area contributed by atoms with Crippen molar-refractivity contribution in [1.29, 1.82) is 0 Å². The zero-order valence-corrected chi connectivity index (χ0v) is 21.7. The zero-order valence-electron chi connectivity index (χ0n) is 20.1. The van der Waals surface area contributed by atoms with Crippen LogP contribution in [0.15, 0.2) is 53.1 Å². The first kappa shape index (κ1) is 25.3. The first-order valence-electron chi connectivity index (χ1n) is 11.6. The number of benzene rings is 2. The van der Waals surface area contributed by atoms with E-state index in [4.69, 9.17) is 20.8 Å². The highest BCUT2D eigenvalue weighted by Crippen LogP contribution is 2.50. The molecule has 4 aromatic rings. The van der Waals surface area contributed by atoms with Crippen molar-refractivity contribution >= 4 is 45.0 Å². The Morgan fingerprint density at radius 1 is 1.27 bits per heavy atom. The fourth-order valence-electron chi connectivity index (χ4n) is 4.40. The van der Waals surface area contributed by atoms with Crippen molar-refractivity contribution in [2.24, 2.45) is 0 Å². The van der Waals surface area contributed by atoms with E-state index < -0.39 is 22.1 Å². The van der Waals surface area contributed by atoms with E-state index in [1.54, 1.807) is 38.1 Å². The van der Waals surface area contributed by atoms with Crippen LogP contribution in [-0.4, -0.2) is 59.4 Å². The second kappa shape index (κ2) is 9.49. The smallest absolute Gasteiger partial charge is 0.360 e. The van der Waals surface area contributed by atoms with Crippen LogP contribution in [0.1, 0.15) is 41.1 Å². The molecule has 0 spiro atoms. The highest BCUT2D eigenvalue weighted by atomic mass is 35.5. The quantitative estimate of drug-likeness (QED) is 0.283. The van der Waals surface area contributed by atoms with Gasteiger partial charge in [-0.15, -0.1) is 0 Å². The van der Waals surface area contributed by atoms with Gasteiger partial charge in [0.15, 0.2) is 5.69 Å². The van der Waals surface area contributed by atoms with Crippen molar-refractivity contribution in [3.05, 3.63) is 65.0 Å². The number of amides is 1. The van der Waals surface area contributed by atoms with E-state index in [1.165, 1.54) is 10.9 Å². The highest BCUT2D eigenvalue weighted by Gasteiger charge is 2.39. The Kier molecular flexibility index (Phi) is 6.48. The SMILES string of the molecule is CCOC(=O)c1coc(-n2nc(-c3ccccc3Cl)c3ccc(C(=O)NC4(C)CCS(O)(O)C4)cc32)n1. The van der Waals surface area contributed by atoms with Crippen molar-refractivity contribution in [2.75, 3.05) is 18.1 Å². The highest BCUT2D eigenvalue weighted by molar-refractivity contribution is 8.24. The summed E-state index contributed by atoms with van der Waals surface area (Å²) in [5, 5.41) is 8.79. The molecule has 1 aliphatic heterocycles. The molecule has 1 fully saturated rings. The molecule has 3 N–H and O–H groups in total. The van der Waals surface area contributed by atoms with E-state index in [9.17, 15) is 18.7 Å². The molecule has 1 saturated heterocycles. The fourth-order valence-corrected chi connectivity index (χ4v) is 6.79. The van der Waals surface area contributed by atoms with Crippen molar-refractivity contribution in [1.82, 2.24) is 20.1 Å². The molecule has 2 aromatic heterocycles. The van der Waals surface area contributed by atoms with Crippen molar-refractivity contribution in [2.45, 2.75) is 25.8 Å². The molecule has 12 heteroatoms. The molecule has 0 aliphatic carbocycles. The van der Waals surface area contributed by atoms with E-state index in [1.807, 2.05) is 18.2 Å². The summed E-state index contributed by atoms with van der Waals surface area (Å²) in [6, 6.07) is 12.3. The molecule has 1 unspecified atom stereocenters. The van der Waals surface area contributed by atoms with Crippen LogP contribution in [0.25, 0.3) is 28.2 Å². The average molecular weight is 545 g/mol. The van der Waals surface area contributed by atoms with Crippen LogP contribution in [0, 0.1) is 0 Å². The van der Waals surface area contributed by atoms with Crippen molar-refractivity contribution in [3.8, 4) is 17.3 Å². The summed E-state index contributed by atoms with van der Waals surface area (Å²) in [4.78, 5) is 29.6. The number of nitrogens with one attached hydrogen (secondary N) is 1. The van der Waals surface area contributed by atoms with Crippen LogP contribution in [0.5, 0.6) is 0 Å². The van der Waals surface area contributed by atoms with Gasteiger partial charge in [0.05, 0.1) is 28.4 Å². The summed E-state index contributed by atoms with van der Waals surface area (Å²) < 4.78 is 32.0. The van der Waals surface area contributed by atoms with Crippen LogP contribution in [0.4, 0.5) is 0 Å². The minimum atomic E-state index is -2.70. The van der Waals surface area contributed by atoms with E-state index in [2.05, 4.69) is 15.4 Å². The van der Waals surface area contributed by atoms with Gasteiger partial charge in [0.25, 0.3) is 5.91 Å². The number of carbonyl (C=O) groups excluding carboxylic acids is 2. The lowest BCUT2D eigenvalue weighted by molar-refractivity contribution is 0.0519. The minimum absolute atomic E-state index is 0.0122. The van der Waals surface area contributed by atoms with Gasteiger partial charge in [0, 0.05) is 22.3 Å². The van der Waals surface area contributed by atoms with E-state index in [0.29, 0.717) is 39.2 Å². The van der Waals surface area contributed by atoms with Gasteiger partial charge in [-0.2, -0.15) is 25.4 Å². The molecule has 2 aromatic carbocycles. The van der Waals surface area contributed by atoms with Crippen molar-refractivity contribution in [3.63, 3.8) is 0 Å². The summed E-state index contributed by atoms with van der Waals surface area (Å²) >= 11 is 6.46. The molecule has 1 amide bonds. The van der Waals surface area contributed by atoms with Gasteiger partial charge in [-0.1, -0.05) is 29.8 Å². The third-order valence-corrected chi connectivity index (χ3v) is 8.46. The molecule has 1 atom stereocenters. The summed E-state index contributed by atoms with van der Waals surface area (Å²) in [7, 11) is -2.70. The summed E-state index contributed by atoms with van der Waals surface area (Å²) in [6.45, 7) is 3.68. The molecule has 0 radical (unpaired) electrons. The Morgan fingerprint density at radius 3 is 2.76 bits per heavy atom. The Hall–Kier alpha value is -3.38. The van der Waals surface area contributed by atoms with Crippen molar-refractivity contribution < 1.29 is 27.8 Å². The topological polar surface area (TPSA) is 140 Å². The van der Waals surface area contributed by atoms with Gasteiger partial charge in [-0.05, 0) is 44.5 Å². The predicted molar refractivity (Wildman–Crippen MR) is 141 cm³/mol. The Bertz CT molecular complexity index is 1520. The zero-order chi connectivity index (χ0) is 26.4. The Morgan fingerprint density at radius 2 is 2.05 bits per heavy atom. The van der Waals surface area contributed by atoms with Crippen LogP contribution in [0.3, 0.4) is 0 Å². The first-order chi connectivity index (χ1) is 17.6. The number of ether oxygens (including phenoxy) is 1. The average Bonchev–Trinajstić information content (AvgIpc) is 3.54. The number of rotatable bonds is 6. The number of hydrogen-bond acceptors (Lipinski definition) is 8. The molecule has 37 heavy (non-hydrogen) atoms. The van der Waals surface area contributed by atoms with Gasteiger partial charge in [0.1, 0.15) is 12.0 Å². The molecule has 10 nitrogen and oxygen atoms in total. The maximum absolute atomic E-state index is 13.2. The third kappa shape index (κ3) is 4.95. The van der Waals surface area contributed by atoms with Crippen LogP contribution >= 0.6 is 22.2 Å². The van der Waals surface area contributed by atoms with Gasteiger partial charge in [-0.25, -0.2) is 4.79 Å². The maximum atomic E-state index is 13.2. The second-order valence-electron chi connectivity index (χ2n) is 9.12. The lowest BCUT2D eigenvalue weighted by atomic mass is 10.0. The lowest BCUT2D eigenvalue weighted by Crippen LogP contribution is -2.46. The second-order valence-corrected chi connectivity index (χ2v) is 11.8. The van der Waals surface area contributed by atoms with Gasteiger partial charge >= 0.3 is 12.0 Å². The summed E-state index contributed by atoms with van der Waals surface area (Å²) in [5.41, 5.74) is 1.31. The van der Waals surface area contributed by atoms with Crippen LogP contribution in [-0.2, 0) is 4.74 Å². The Labute approximate surface area is 218 Å². The number of nitrogens with zero attached hydrogens (tertiary/aromatic N) is 3. The molecule has 194 valence electrons. The van der Waals surface area contributed by atoms with E-state index in [-0.39, 0.29) is 35.7 Å². The number of hydrogen-bond donors (Lipinski definition) is 3. The number of fused-ring (bicyclic) bond motifs is 1. The Balaban J connectivity index is 1.59. The molecule has 5 rings (SSSR count). The van der Waals surface area contributed by atoms with Gasteiger partial charge < -0.3 is 14.5 Å². The van der Waals surface area contributed by atoms with Gasteiger partial charge in [0.2, 0.25) is 0 Å². The largest absolute Gasteiger partial charge is 0.461 e. The number of oxazole rings is 1. The molecule has 0 bridgehead atoms. The van der Waals surface area contributed by atoms with E-state index >= 15 is 0 Å². The van der Waals surface area contributed by atoms with E-state index in [0.717, 1.165) is 0 Å². The minimum Gasteiger partial charge on any atom is -0.461 e. The fraction of sp³-hybridized carbons (Fsp3) is 0.280. The number of halogens is 1. The molecule has 3 heterocycles. The number of aromatic nitrogens is 3. The lowest BCUT2D eigenvalue weighted by Gasteiger charge is -2.30. The standard InChI is InChI=1S/C25H25ClN4O6S/c1-3-35-23(32)19-13-36-24(27-19)30-20-12-15(22(31)28-25(2)10-11-37(33,34)14-25)8-9-17(20)21(29-30)16-6-4-5-7-18(16)26/h4-9,12-13,33-34H,3,10-11,14H2,1-2H3,(H,28,31). The third-order valence-electron chi connectivity index (χ3n) is 6.18. The molecular weight excluding hydrogens is 520 g/mol. The van der Waals surface area contributed by atoms with Crippen LogP contribution in [0.2, 0.25) is 5.02 Å². The molecule has 0 saturated carbocycles. The van der Waals surface area contributed by atoms with Gasteiger partial charge in [-0.3, -0.25) is 13.9 Å². The maximum Gasteiger partial charge on any atom is 0.360 e. The summed E-state index contributed by atoms with van der Waals surface area (Å²) in [5.74, 6) is -0.636. The first-order valence-corrected chi connectivity index (χ1v) is 13.8. The number of esters is 1. The molecule has 1 aliphatic rings. The monoisotopic (exact) mass is 544 g/mol. The van der Waals surface area contributed by atoms with Crippen LogP contribution < -0.4 is 5.32 Å². The number of carbonyl (C=O) groups is 2. The predicted octanol–water partition coefficient (Wildman–Crippen LogP) is 5.15. The molecular formula is C25H25ClN4O6S.